The first-order valence-electron chi connectivity index (χ1n) is 10.5. The molecule has 0 amide bonds. The van der Waals surface area contributed by atoms with E-state index >= 15 is 4.39 Å². The van der Waals surface area contributed by atoms with Crippen LogP contribution in [0.5, 0.6) is 5.75 Å². The zero-order valence-electron chi connectivity index (χ0n) is 17.9. The molecule has 0 saturated heterocycles. The monoisotopic (exact) mass is 421 g/mol. The molecule has 0 fully saturated rings. The number of ether oxygens (including phenoxy) is 1. The molecule has 0 heterocycles. The molecule has 3 N–H and O–H groups in total. The molecule has 0 unspecified atom stereocenters. The van der Waals surface area contributed by atoms with Crippen molar-refractivity contribution >= 4 is 5.97 Å². The highest BCUT2D eigenvalue weighted by Gasteiger charge is 2.14. The zero-order valence-corrected chi connectivity index (χ0v) is 17.9. The van der Waals surface area contributed by atoms with Gasteiger partial charge in [-0.15, -0.1) is 0 Å². The number of carbonyl (C=O) groups is 1. The first kappa shape index (κ1) is 22.5. The van der Waals surface area contributed by atoms with Gasteiger partial charge in [-0.1, -0.05) is 61.9 Å². The molecule has 0 saturated carbocycles. The minimum Gasteiger partial charge on any atom is -0.489 e. The van der Waals surface area contributed by atoms with Gasteiger partial charge in [0.2, 0.25) is 0 Å². The van der Waals surface area contributed by atoms with Crippen molar-refractivity contribution < 1.29 is 19.0 Å². The van der Waals surface area contributed by atoms with Crippen molar-refractivity contribution in [3.63, 3.8) is 0 Å². The molecular weight excluding hydrogens is 393 g/mol. The number of benzene rings is 3. The highest BCUT2D eigenvalue weighted by Crippen LogP contribution is 2.30. The number of para-hydroxylation sites is 1. The van der Waals surface area contributed by atoms with Crippen LogP contribution in [-0.2, 0) is 24.2 Å². The highest BCUT2D eigenvalue weighted by atomic mass is 19.1. The third-order valence-corrected chi connectivity index (χ3v) is 5.13. The Hall–Kier alpha value is -3.18. The minimum absolute atomic E-state index is 0.105. The molecule has 31 heavy (non-hydrogen) atoms. The van der Waals surface area contributed by atoms with E-state index in [2.05, 4.69) is 13.0 Å². The van der Waals surface area contributed by atoms with Crippen LogP contribution in [0.25, 0.3) is 11.1 Å². The lowest BCUT2D eigenvalue weighted by Gasteiger charge is -2.15. The molecule has 162 valence electrons. The number of nitrogens with two attached hydrogens (primary N) is 1. The summed E-state index contributed by atoms with van der Waals surface area (Å²) in [5.41, 5.74) is 10.3. The van der Waals surface area contributed by atoms with Gasteiger partial charge >= 0.3 is 5.97 Å². The lowest BCUT2D eigenvalue weighted by Crippen LogP contribution is -2.08. The molecule has 3 rings (SSSR count). The smallest absolute Gasteiger partial charge is 0.307 e. The summed E-state index contributed by atoms with van der Waals surface area (Å²) in [5, 5.41) is 9.12. The molecule has 4 nitrogen and oxygen atoms in total. The lowest BCUT2D eigenvalue weighted by molar-refractivity contribution is -0.136. The van der Waals surface area contributed by atoms with Crippen LogP contribution in [-0.4, -0.2) is 11.1 Å². The van der Waals surface area contributed by atoms with E-state index in [9.17, 15) is 4.79 Å². The number of aliphatic carboxylic acids is 1. The predicted octanol–water partition coefficient (Wildman–Crippen LogP) is 5.67. The summed E-state index contributed by atoms with van der Waals surface area (Å²) in [6, 6.07) is 18.0. The molecule has 0 aliphatic rings. The van der Waals surface area contributed by atoms with Crippen LogP contribution in [0.1, 0.15) is 48.6 Å². The van der Waals surface area contributed by atoms with Crippen LogP contribution >= 0.6 is 0 Å². The van der Waals surface area contributed by atoms with E-state index in [4.69, 9.17) is 15.6 Å². The fourth-order valence-electron chi connectivity index (χ4n) is 3.67. The standard InChI is InChI=1S/C26H28FNO3/c1-3-7-18-12-19(16-31-24-11-5-4-8-20(24)15-25(29)30)14-21(13-18)23-10-6-9-22(17(2)28)26(23)27/h4-6,8-14,17H,3,7,15-16,28H2,1-2H3,(H,29,30)/t17-/m1/s1. The quantitative estimate of drug-likeness (QED) is 0.467. The predicted molar refractivity (Wildman–Crippen MR) is 121 cm³/mol. The Labute approximate surface area is 182 Å². The van der Waals surface area contributed by atoms with Crippen molar-refractivity contribution in [1.29, 1.82) is 0 Å². The van der Waals surface area contributed by atoms with E-state index in [-0.39, 0.29) is 18.8 Å². The van der Waals surface area contributed by atoms with Gasteiger partial charge in [-0.3, -0.25) is 4.79 Å². The lowest BCUT2D eigenvalue weighted by atomic mass is 9.95. The summed E-state index contributed by atoms with van der Waals surface area (Å²) in [6.45, 7) is 4.13. The van der Waals surface area contributed by atoms with Gasteiger partial charge in [0.25, 0.3) is 0 Å². The number of carboxylic acid groups (broad SMARTS) is 1. The van der Waals surface area contributed by atoms with Gasteiger partial charge in [-0.25, -0.2) is 4.39 Å². The molecule has 0 radical (unpaired) electrons. The maximum atomic E-state index is 15.1. The van der Waals surface area contributed by atoms with Gasteiger partial charge in [0.1, 0.15) is 18.2 Å². The Bertz CT molecular complexity index is 1060. The fourth-order valence-corrected chi connectivity index (χ4v) is 3.67. The maximum absolute atomic E-state index is 15.1. The average molecular weight is 422 g/mol. The number of hydrogen-bond acceptors (Lipinski definition) is 3. The van der Waals surface area contributed by atoms with Crippen molar-refractivity contribution in [1.82, 2.24) is 0 Å². The largest absolute Gasteiger partial charge is 0.489 e. The summed E-state index contributed by atoms with van der Waals surface area (Å²) >= 11 is 0. The Morgan fingerprint density at radius 3 is 2.55 bits per heavy atom. The van der Waals surface area contributed by atoms with Gasteiger partial charge in [0, 0.05) is 22.7 Å². The Morgan fingerprint density at radius 2 is 1.84 bits per heavy atom. The molecule has 0 aliphatic carbocycles. The van der Waals surface area contributed by atoms with E-state index in [0.717, 1.165) is 29.5 Å². The fraction of sp³-hybridized carbons (Fsp3) is 0.269. The van der Waals surface area contributed by atoms with Crippen molar-refractivity contribution in [2.75, 3.05) is 0 Å². The van der Waals surface area contributed by atoms with Gasteiger partial charge in [0.15, 0.2) is 0 Å². The number of aryl methyl sites for hydroxylation is 1. The summed E-state index contributed by atoms with van der Waals surface area (Å²) in [5.74, 6) is -0.671. The van der Waals surface area contributed by atoms with Crippen LogP contribution < -0.4 is 10.5 Å². The zero-order chi connectivity index (χ0) is 22.4. The van der Waals surface area contributed by atoms with Crippen LogP contribution in [0.4, 0.5) is 4.39 Å². The van der Waals surface area contributed by atoms with Gasteiger partial charge in [-0.2, -0.15) is 0 Å². The number of rotatable bonds is 9. The number of carboxylic acids is 1. The summed E-state index contributed by atoms with van der Waals surface area (Å²) in [6.07, 6.45) is 1.73. The van der Waals surface area contributed by atoms with Crippen molar-refractivity contribution in [2.45, 2.75) is 45.8 Å². The van der Waals surface area contributed by atoms with Crippen molar-refractivity contribution in [3.8, 4) is 16.9 Å². The molecule has 0 spiro atoms. The SMILES string of the molecule is CCCc1cc(COc2ccccc2CC(=O)O)cc(-c2cccc([C@@H](C)N)c2F)c1. The molecule has 0 aliphatic heterocycles. The molecule has 0 aromatic heterocycles. The second-order valence-corrected chi connectivity index (χ2v) is 7.75. The molecule has 5 heteroatoms. The third-order valence-electron chi connectivity index (χ3n) is 5.13. The normalized spacial score (nSPS) is 11.9. The molecular formula is C26H28FNO3. The number of hydrogen-bond donors (Lipinski definition) is 2. The molecule has 3 aromatic rings. The third kappa shape index (κ3) is 5.70. The first-order valence-corrected chi connectivity index (χ1v) is 10.5. The number of halogens is 1. The summed E-state index contributed by atoms with van der Waals surface area (Å²) < 4.78 is 21.1. The van der Waals surface area contributed by atoms with E-state index < -0.39 is 12.0 Å². The second kappa shape index (κ2) is 10.2. The average Bonchev–Trinajstić information content (AvgIpc) is 2.73. The summed E-state index contributed by atoms with van der Waals surface area (Å²) in [7, 11) is 0. The Morgan fingerprint density at radius 1 is 1.10 bits per heavy atom. The Kier molecular flexibility index (Phi) is 7.42. The van der Waals surface area contributed by atoms with E-state index in [1.54, 1.807) is 37.3 Å². The van der Waals surface area contributed by atoms with Crippen LogP contribution in [0.2, 0.25) is 0 Å². The van der Waals surface area contributed by atoms with Crippen molar-refractivity contribution in [3.05, 3.63) is 88.7 Å². The Balaban J connectivity index is 1.94. The van der Waals surface area contributed by atoms with Gasteiger partial charge in [-0.05, 0) is 42.2 Å². The molecule has 0 bridgehead atoms. The first-order chi connectivity index (χ1) is 14.9. The summed E-state index contributed by atoms with van der Waals surface area (Å²) in [4.78, 5) is 11.1. The molecule has 3 aromatic carbocycles. The van der Waals surface area contributed by atoms with Crippen molar-refractivity contribution in [2.24, 2.45) is 5.73 Å². The maximum Gasteiger partial charge on any atom is 0.307 e. The van der Waals surface area contributed by atoms with Crippen LogP contribution in [0.3, 0.4) is 0 Å². The van der Waals surface area contributed by atoms with E-state index in [1.807, 2.05) is 24.3 Å². The second-order valence-electron chi connectivity index (χ2n) is 7.75. The van der Waals surface area contributed by atoms with Crippen LogP contribution in [0.15, 0.2) is 60.7 Å². The van der Waals surface area contributed by atoms with E-state index in [0.29, 0.717) is 22.4 Å². The topological polar surface area (TPSA) is 72.5 Å². The van der Waals surface area contributed by atoms with Gasteiger partial charge < -0.3 is 15.6 Å². The molecule has 1 atom stereocenters. The highest BCUT2D eigenvalue weighted by molar-refractivity contribution is 5.71. The van der Waals surface area contributed by atoms with E-state index in [1.165, 1.54) is 0 Å². The van der Waals surface area contributed by atoms with Gasteiger partial charge in [0.05, 0.1) is 6.42 Å². The minimum atomic E-state index is -0.909. The van der Waals surface area contributed by atoms with Crippen LogP contribution in [0, 0.1) is 5.82 Å².